The Morgan fingerprint density at radius 1 is 1.33 bits per heavy atom. The Hall–Kier alpha value is -2.86. The Bertz CT molecular complexity index is 1040. The van der Waals surface area contributed by atoms with Crippen molar-refractivity contribution in [3.8, 4) is 5.75 Å². The number of fused-ring (bicyclic) bond motifs is 3. The van der Waals surface area contributed by atoms with Crippen molar-refractivity contribution in [3.63, 3.8) is 0 Å². The van der Waals surface area contributed by atoms with Crippen LogP contribution in [-0.2, 0) is 18.3 Å². The largest absolute Gasteiger partial charge is 0.483 e. The number of hydrogen-bond donors (Lipinski definition) is 1. The van der Waals surface area contributed by atoms with E-state index in [1.807, 2.05) is 36.7 Å². The monoisotopic (exact) mass is 365 g/mol. The van der Waals surface area contributed by atoms with Gasteiger partial charge in [0.1, 0.15) is 17.4 Å². The quantitative estimate of drug-likeness (QED) is 0.721. The summed E-state index contributed by atoms with van der Waals surface area (Å²) in [6.07, 6.45) is 1.50. The molecule has 0 radical (unpaired) electrons. The summed E-state index contributed by atoms with van der Waals surface area (Å²) in [6.45, 7) is 4.04. The summed E-state index contributed by atoms with van der Waals surface area (Å²) in [5.41, 5.74) is 7.95. The number of carbonyl (C=O) groups excluding carboxylic acids is 1. The summed E-state index contributed by atoms with van der Waals surface area (Å²) >= 11 is 0. The molecule has 0 aliphatic carbocycles. The van der Waals surface area contributed by atoms with E-state index in [0.717, 1.165) is 35.3 Å². The number of carbonyl (C=O) groups is 1. The topological polar surface area (TPSA) is 65.4 Å². The number of rotatable bonds is 3. The molecule has 6 heteroatoms. The Kier molecular flexibility index (Phi) is 4.36. The Morgan fingerprint density at radius 2 is 2.11 bits per heavy atom. The maximum atomic E-state index is 12.6. The van der Waals surface area contributed by atoms with E-state index >= 15 is 0 Å². The second-order valence-corrected chi connectivity index (χ2v) is 6.95. The lowest BCUT2D eigenvalue weighted by molar-refractivity contribution is 0.0535. The van der Waals surface area contributed by atoms with Crippen LogP contribution in [0.1, 0.15) is 45.4 Å². The standard InChI is InChI=1S/C21H23N3O3/c1-12-7-5-6-8-14(12)18-10-9-15-16(21(25)23-26-4)11-17-19(20(15)27-18)22-13(2)24(17)3/h5-8,11,18H,9-10H2,1-4H3,(H,23,25)/t18-/m0/s1. The SMILES string of the molecule is CONC(=O)c1cc2c(nc(C)n2C)c2c1CC[C@@H](c1ccccc1C)O2. The predicted octanol–water partition coefficient (Wildman–Crippen LogP) is 3.55. The molecule has 1 aromatic heterocycles. The van der Waals surface area contributed by atoms with Crippen LogP contribution in [0.25, 0.3) is 11.0 Å². The minimum Gasteiger partial charge on any atom is -0.483 e. The first-order valence-electron chi connectivity index (χ1n) is 9.05. The van der Waals surface area contributed by atoms with E-state index in [1.54, 1.807) is 0 Å². The summed E-state index contributed by atoms with van der Waals surface area (Å²) < 4.78 is 8.42. The van der Waals surface area contributed by atoms with Crippen molar-refractivity contribution >= 4 is 16.9 Å². The van der Waals surface area contributed by atoms with E-state index in [-0.39, 0.29) is 12.0 Å². The van der Waals surface area contributed by atoms with Crippen LogP contribution in [0.2, 0.25) is 0 Å². The fourth-order valence-electron chi connectivity index (χ4n) is 3.82. The number of aryl methyl sites for hydroxylation is 3. The molecule has 140 valence electrons. The highest BCUT2D eigenvalue weighted by atomic mass is 16.6. The molecule has 1 aliphatic rings. The van der Waals surface area contributed by atoms with Gasteiger partial charge in [0, 0.05) is 12.6 Å². The van der Waals surface area contributed by atoms with Crippen molar-refractivity contribution in [3.05, 3.63) is 58.4 Å². The van der Waals surface area contributed by atoms with Crippen LogP contribution in [0.3, 0.4) is 0 Å². The first-order valence-corrected chi connectivity index (χ1v) is 9.05. The van der Waals surface area contributed by atoms with Crippen LogP contribution in [0.4, 0.5) is 0 Å². The third-order valence-electron chi connectivity index (χ3n) is 5.35. The molecule has 3 aromatic rings. The number of amides is 1. The maximum absolute atomic E-state index is 12.6. The molecule has 1 N–H and O–H groups in total. The summed E-state index contributed by atoms with van der Waals surface area (Å²) in [5.74, 6) is 1.31. The van der Waals surface area contributed by atoms with Gasteiger partial charge in [-0.25, -0.2) is 10.5 Å². The lowest BCUT2D eigenvalue weighted by Crippen LogP contribution is -2.25. The smallest absolute Gasteiger partial charge is 0.275 e. The van der Waals surface area contributed by atoms with Gasteiger partial charge < -0.3 is 9.30 Å². The van der Waals surface area contributed by atoms with Gasteiger partial charge in [-0.05, 0) is 43.9 Å². The van der Waals surface area contributed by atoms with Crippen molar-refractivity contribution in [2.24, 2.45) is 7.05 Å². The number of nitrogens with one attached hydrogen (secondary N) is 1. The van der Waals surface area contributed by atoms with Crippen molar-refractivity contribution in [1.29, 1.82) is 0 Å². The molecule has 0 bridgehead atoms. The number of nitrogens with zero attached hydrogens (tertiary/aromatic N) is 2. The van der Waals surface area contributed by atoms with Gasteiger partial charge in [0.15, 0.2) is 5.75 Å². The summed E-state index contributed by atoms with van der Waals surface area (Å²) in [5, 5.41) is 0. The lowest BCUT2D eigenvalue weighted by atomic mass is 9.91. The van der Waals surface area contributed by atoms with E-state index in [0.29, 0.717) is 11.3 Å². The number of imidazole rings is 1. The van der Waals surface area contributed by atoms with E-state index in [4.69, 9.17) is 14.6 Å². The van der Waals surface area contributed by atoms with E-state index in [2.05, 4.69) is 24.5 Å². The van der Waals surface area contributed by atoms with Gasteiger partial charge in [0.05, 0.1) is 18.2 Å². The molecule has 1 amide bonds. The number of ether oxygens (including phenoxy) is 1. The Labute approximate surface area is 158 Å². The zero-order chi connectivity index (χ0) is 19.1. The first kappa shape index (κ1) is 17.5. The molecule has 1 atom stereocenters. The van der Waals surface area contributed by atoms with E-state index in [9.17, 15) is 4.79 Å². The third kappa shape index (κ3) is 2.86. The van der Waals surface area contributed by atoms with Crippen LogP contribution < -0.4 is 10.2 Å². The van der Waals surface area contributed by atoms with Crippen molar-refractivity contribution in [1.82, 2.24) is 15.0 Å². The molecule has 0 spiro atoms. The average molecular weight is 365 g/mol. The summed E-state index contributed by atoms with van der Waals surface area (Å²) in [7, 11) is 3.37. The first-order chi connectivity index (χ1) is 13.0. The van der Waals surface area contributed by atoms with Crippen LogP contribution in [0.15, 0.2) is 30.3 Å². The predicted molar refractivity (Wildman–Crippen MR) is 103 cm³/mol. The summed E-state index contributed by atoms with van der Waals surface area (Å²) in [6, 6.07) is 10.1. The average Bonchev–Trinajstić information content (AvgIpc) is 2.96. The molecule has 0 fully saturated rings. The fourth-order valence-corrected chi connectivity index (χ4v) is 3.82. The molecular weight excluding hydrogens is 342 g/mol. The van der Waals surface area contributed by atoms with Gasteiger partial charge >= 0.3 is 0 Å². The molecule has 4 rings (SSSR count). The van der Waals surface area contributed by atoms with Crippen LogP contribution in [-0.4, -0.2) is 22.6 Å². The molecule has 2 heterocycles. The minimum atomic E-state index is -0.271. The molecule has 0 saturated carbocycles. The zero-order valence-electron chi connectivity index (χ0n) is 16.0. The molecule has 2 aromatic carbocycles. The van der Waals surface area contributed by atoms with Crippen LogP contribution >= 0.6 is 0 Å². The number of hydroxylamine groups is 1. The molecule has 6 nitrogen and oxygen atoms in total. The highest BCUT2D eigenvalue weighted by Crippen LogP contribution is 2.42. The normalized spacial score (nSPS) is 16.1. The highest BCUT2D eigenvalue weighted by molar-refractivity contribution is 6.01. The number of aromatic nitrogens is 2. The van der Waals surface area contributed by atoms with Gasteiger partial charge in [-0.15, -0.1) is 0 Å². The molecule has 1 aliphatic heterocycles. The zero-order valence-corrected chi connectivity index (χ0v) is 16.0. The fraction of sp³-hybridized carbons (Fsp3) is 0.333. The highest BCUT2D eigenvalue weighted by Gasteiger charge is 2.30. The van der Waals surface area contributed by atoms with Crippen molar-refractivity contribution < 1.29 is 14.4 Å². The number of benzene rings is 2. The van der Waals surface area contributed by atoms with Gasteiger partial charge in [-0.3, -0.25) is 9.63 Å². The second-order valence-electron chi connectivity index (χ2n) is 6.95. The van der Waals surface area contributed by atoms with Gasteiger partial charge in [0.2, 0.25) is 0 Å². The van der Waals surface area contributed by atoms with Crippen LogP contribution in [0.5, 0.6) is 5.75 Å². The van der Waals surface area contributed by atoms with Gasteiger partial charge in [-0.2, -0.15) is 0 Å². The summed E-state index contributed by atoms with van der Waals surface area (Å²) in [4.78, 5) is 22.1. The Morgan fingerprint density at radius 3 is 2.85 bits per heavy atom. The molecule has 0 unspecified atom stereocenters. The van der Waals surface area contributed by atoms with Gasteiger partial charge in [0.25, 0.3) is 5.91 Å². The Balaban J connectivity index is 1.88. The van der Waals surface area contributed by atoms with Crippen molar-refractivity contribution in [2.75, 3.05) is 7.11 Å². The maximum Gasteiger partial charge on any atom is 0.275 e. The minimum absolute atomic E-state index is 0.0510. The van der Waals surface area contributed by atoms with E-state index < -0.39 is 0 Å². The van der Waals surface area contributed by atoms with Crippen LogP contribution in [0, 0.1) is 13.8 Å². The van der Waals surface area contributed by atoms with E-state index in [1.165, 1.54) is 18.2 Å². The van der Waals surface area contributed by atoms with Gasteiger partial charge in [-0.1, -0.05) is 24.3 Å². The molecule has 27 heavy (non-hydrogen) atoms. The second kappa shape index (κ2) is 6.70. The molecular formula is C21H23N3O3. The molecule has 0 saturated heterocycles. The van der Waals surface area contributed by atoms with Crippen molar-refractivity contribution in [2.45, 2.75) is 32.8 Å². The third-order valence-corrected chi connectivity index (χ3v) is 5.35. The number of hydrogen-bond acceptors (Lipinski definition) is 4. The lowest BCUT2D eigenvalue weighted by Gasteiger charge is -2.29.